The predicted octanol–water partition coefficient (Wildman–Crippen LogP) is -0.801. The summed E-state index contributed by atoms with van der Waals surface area (Å²) in [6, 6.07) is -0.0923. The van der Waals surface area contributed by atoms with E-state index in [0.29, 0.717) is 6.54 Å². The number of hydrogen-bond acceptors (Lipinski definition) is 3. The van der Waals surface area contributed by atoms with Crippen LogP contribution in [0.1, 0.15) is 13.8 Å². The SMILES string of the molecule is CC(C)NS(=O)(=O)NCCN.Cl. The fraction of sp³-hybridized carbons (Fsp3) is 1.00. The molecule has 12 heavy (non-hydrogen) atoms. The Morgan fingerprint density at radius 3 is 2.25 bits per heavy atom. The summed E-state index contributed by atoms with van der Waals surface area (Å²) in [4.78, 5) is 0. The van der Waals surface area contributed by atoms with Crippen LogP contribution in [0.5, 0.6) is 0 Å². The predicted molar refractivity (Wildman–Crippen MR) is 51.5 cm³/mol. The second kappa shape index (κ2) is 6.62. The number of nitrogens with one attached hydrogen (secondary N) is 2. The van der Waals surface area contributed by atoms with Gasteiger partial charge in [-0.05, 0) is 13.8 Å². The van der Waals surface area contributed by atoms with Crippen LogP contribution in [0.25, 0.3) is 0 Å². The number of nitrogens with two attached hydrogens (primary N) is 1. The Bertz CT molecular complexity index is 193. The van der Waals surface area contributed by atoms with Crippen LogP contribution in [0.2, 0.25) is 0 Å². The molecule has 4 N–H and O–H groups in total. The quantitative estimate of drug-likeness (QED) is 0.564. The third kappa shape index (κ3) is 8.22. The molecule has 0 aromatic carbocycles. The van der Waals surface area contributed by atoms with Gasteiger partial charge in [0.1, 0.15) is 0 Å². The molecule has 0 spiro atoms. The summed E-state index contributed by atoms with van der Waals surface area (Å²) in [5.41, 5.74) is 5.11. The van der Waals surface area contributed by atoms with Gasteiger partial charge in [-0.25, -0.2) is 4.72 Å². The van der Waals surface area contributed by atoms with Gasteiger partial charge < -0.3 is 5.73 Å². The smallest absolute Gasteiger partial charge is 0.277 e. The van der Waals surface area contributed by atoms with E-state index in [1.807, 2.05) is 0 Å². The van der Waals surface area contributed by atoms with Crippen molar-refractivity contribution < 1.29 is 8.42 Å². The normalized spacial score (nSPS) is 11.3. The maximum absolute atomic E-state index is 10.9. The van der Waals surface area contributed by atoms with Gasteiger partial charge in [-0.1, -0.05) is 0 Å². The van der Waals surface area contributed by atoms with Gasteiger partial charge in [0.05, 0.1) is 0 Å². The minimum atomic E-state index is -3.32. The zero-order chi connectivity index (χ0) is 8.91. The number of hydrogen-bond donors (Lipinski definition) is 3. The Hall–Kier alpha value is 0.120. The standard InChI is InChI=1S/C5H15N3O2S.ClH/c1-5(2)8-11(9,10)7-4-3-6;/h5,7-8H,3-4,6H2,1-2H3;1H. The molecule has 0 bridgehead atoms. The van der Waals surface area contributed by atoms with Gasteiger partial charge in [-0.2, -0.15) is 13.1 Å². The van der Waals surface area contributed by atoms with E-state index in [1.165, 1.54) is 0 Å². The van der Waals surface area contributed by atoms with Crippen LogP contribution in [-0.2, 0) is 10.2 Å². The molecule has 0 aliphatic heterocycles. The van der Waals surface area contributed by atoms with E-state index in [2.05, 4.69) is 9.44 Å². The van der Waals surface area contributed by atoms with Gasteiger partial charge in [-0.15, -0.1) is 12.4 Å². The van der Waals surface area contributed by atoms with Crippen molar-refractivity contribution >= 4 is 22.6 Å². The fourth-order valence-corrected chi connectivity index (χ4v) is 1.64. The Kier molecular flexibility index (Phi) is 8.07. The highest BCUT2D eigenvalue weighted by molar-refractivity contribution is 7.87. The molecule has 0 rings (SSSR count). The van der Waals surface area contributed by atoms with Crippen LogP contribution in [0.3, 0.4) is 0 Å². The van der Waals surface area contributed by atoms with Crippen LogP contribution in [-0.4, -0.2) is 27.5 Å². The number of halogens is 1. The maximum Gasteiger partial charge on any atom is 0.277 e. The van der Waals surface area contributed by atoms with Gasteiger partial charge in [0, 0.05) is 19.1 Å². The first kappa shape index (κ1) is 14.6. The molecule has 5 nitrogen and oxygen atoms in total. The molecule has 0 radical (unpaired) electrons. The molecular formula is C5H16ClN3O2S. The van der Waals surface area contributed by atoms with Crippen molar-refractivity contribution in [2.24, 2.45) is 5.73 Å². The van der Waals surface area contributed by atoms with Gasteiger partial charge in [0.25, 0.3) is 10.2 Å². The van der Waals surface area contributed by atoms with E-state index in [-0.39, 0.29) is 25.0 Å². The van der Waals surface area contributed by atoms with E-state index >= 15 is 0 Å². The molecule has 0 fully saturated rings. The Labute approximate surface area is 79.7 Å². The van der Waals surface area contributed by atoms with Crippen molar-refractivity contribution in [1.82, 2.24) is 9.44 Å². The molecule has 0 unspecified atom stereocenters. The van der Waals surface area contributed by atoms with Crippen LogP contribution < -0.4 is 15.2 Å². The highest BCUT2D eigenvalue weighted by Gasteiger charge is 2.08. The lowest BCUT2D eigenvalue weighted by atomic mass is 10.4. The molecule has 0 amide bonds. The topological polar surface area (TPSA) is 84.2 Å². The largest absolute Gasteiger partial charge is 0.329 e. The summed E-state index contributed by atoms with van der Waals surface area (Å²) in [5.74, 6) is 0. The molecule has 0 aromatic heterocycles. The van der Waals surface area contributed by atoms with Crippen LogP contribution in [0, 0.1) is 0 Å². The van der Waals surface area contributed by atoms with Gasteiger partial charge >= 0.3 is 0 Å². The lowest BCUT2D eigenvalue weighted by Crippen LogP contribution is -2.42. The maximum atomic E-state index is 10.9. The summed E-state index contributed by atoms with van der Waals surface area (Å²) in [7, 11) is -3.32. The third-order valence-corrected chi connectivity index (χ3v) is 2.19. The van der Waals surface area contributed by atoms with E-state index in [0.717, 1.165) is 0 Å². The summed E-state index contributed by atoms with van der Waals surface area (Å²) in [5, 5.41) is 0. The molecule has 0 aromatic rings. The average Bonchev–Trinajstić information content (AvgIpc) is 1.81. The van der Waals surface area contributed by atoms with Crippen LogP contribution in [0.4, 0.5) is 0 Å². The molecular weight excluding hydrogens is 202 g/mol. The molecule has 0 aliphatic rings. The molecule has 0 aliphatic carbocycles. The fourth-order valence-electron chi connectivity index (χ4n) is 0.545. The van der Waals surface area contributed by atoms with Crippen molar-refractivity contribution in [2.45, 2.75) is 19.9 Å². The minimum Gasteiger partial charge on any atom is -0.329 e. The highest BCUT2D eigenvalue weighted by Crippen LogP contribution is 1.81. The summed E-state index contributed by atoms with van der Waals surface area (Å²) in [6.07, 6.45) is 0. The average molecular weight is 218 g/mol. The lowest BCUT2D eigenvalue weighted by Gasteiger charge is -2.09. The van der Waals surface area contributed by atoms with Crippen molar-refractivity contribution in [2.75, 3.05) is 13.1 Å². The summed E-state index contributed by atoms with van der Waals surface area (Å²) in [6.45, 7) is 4.07. The molecule has 0 saturated carbocycles. The zero-order valence-electron chi connectivity index (χ0n) is 7.20. The van der Waals surface area contributed by atoms with E-state index in [1.54, 1.807) is 13.8 Å². The first-order chi connectivity index (χ1) is 4.98. The van der Waals surface area contributed by atoms with Crippen molar-refractivity contribution in [3.05, 3.63) is 0 Å². The van der Waals surface area contributed by atoms with Crippen molar-refractivity contribution in [3.8, 4) is 0 Å². The van der Waals surface area contributed by atoms with Crippen molar-refractivity contribution in [3.63, 3.8) is 0 Å². The Morgan fingerprint density at radius 2 is 1.92 bits per heavy atom. The van der Waals surface area contributed by atoms with Gasteiger partial charge in [0.2, 0.25) is 0 Å². The second-order valence-electron chi connectivity index (χ2n) is 2.46. The molecule has 7 heteroatoms. The van der Waals surface area contributed by atoms with E-state index in [9.17, 15) is 8.42 Å². The van der Waals surface area contributed by atoms with E-state index in [4.69, 9.17) is 5.73 Å². The second-order valence-corrected chi connectivity index (χ2v) is 3.99. The van der Waals surface area contributed by atoms with Gasteiger partial charge in [0.15, 0.2) is 0 Å². The first-order valence-electron chi connectivity index (χ1n) is 3.45. The van der Waals surface area contributed by atoms with Crippen molar-refractivity contribution in [1.29, 1.82) is 0 Å². The number of rotatable bonds is 5. The zero-order valence-corrected chi connectivity index (χ0v) is 8.83. The molecule has 76 valence electrons. The lowest BCUT2D eigenvalue weighted by molar-refractivity contribution is 0.555. The first-order valence-corrected chi connectivity index (χ1v) is 4.93. The summed E-state index contributed by atoms with van der Waals surface area (Å²) < 4.78 is 26.5. The molecule has 0 heterocycles. The third-order valence-electron chi connectivity index (χ3n) is 0.827. The van der Waals surface area contributed by atoms with Crippen LogP contribution >= 0.6 is 12.4 Å². The monoisotopic (exact) mass is 217 g/mol. The highest BCUT2D eigenvalue weighted by atomic mass is 35.5. The van der Waals surface area contributed by atoms with Crippen LogP contribution in [0.15, 0.2) is 0 Å². The molecule has 0 atom stereocenters. The molecule has 0 saturated heterocycles. The minimum absolute atomic E-state index is 0. The van der Waals surface area contributed by atoms with E-state index < -0.39 is 10.2 Å². The summed E-state index contributed by atoms with van der Waals surface area (Å²) >= 11 is 0. The Balaban J connectivity index is 0. The van der Waals surface area contributed by atoms with Gasteiger partial charge in [-0.3, -0.25) is 0 Å². The Morgan fingerprint density at radius 1 is 1.42 bits per heavy atom.